The number of benzene rings is 2. The van der Waals surface area contributed by atoms with Crippen molar-refractivity contribution >= 4 is 37.5 Å². The summed E-state index contributed by atoms with van der Waals surface area (Å²) in [4.78, 5) is 24.1. The molecular weight excluding hydrogens is 386 g/mol. The molecule has 1 fully saturated rings. The van der Waals surface area contributed by atoms with Crippen molar-refractivity contribution in [3.05, 3.63) is 52.9 Å². The van der Waals surface area contributed by atoms with Gasteiger partial charge in [0.25, 0.3) is 5.91 Å². The Balaban J connectivity index is 1.49. The van der Waals surface area contributed by atoms with Crippen molar-refractivity contribution in [2.24, 2.45) is 0 Å². The quantitative estimate of drug-likeness (QED) is 0.483. The van der Waals surface area contributed by atoms with Crippen LogP contribution in [-0.4, -0.2) is 49.7 Å². The van der Waals surface area contributed by atoms with Gasteiger partial charge in [0.2, 0.25) is 0 Å². The van der Waals surface area contributed by atoms with E-state index in [0.29, 0.717) is 16.7 Å². The molecule has 1 aromatic heterocycles. The summed E-state index contributed by atoms with van der Waals surface area (Å²) in [6.07, 6.45) is -1.13. The monoisotopic (exact) mass is 403 g/mol. The van der Waals surface area contributed by atoms with Crippen LogP contribution in [0.1, 0.15) is 0 Å². The molecule has 0 aliphatic carbocycles. The first kappa shape index (κ1) is 18.5. The van der Waals surface area contributed by atoms with Crippen molar-refractivity contribution in [2.75, 3.05) is 18.1 Å². The van der Waals surface area contributed by atoms with Gasteiger partial charge in [0.1, 0.15) is 11.3 Å². The fraction of sp³-hybridized carbons (Fsp3) is 0.263. The van der Waals surface area contributed by atoms with Gasteiger partial charge in [-0.05, 0) is 23.6 Å². The lowest BCUT2D eigenvalue weighted by molar-refractivity contribution is -0.124. The van der Waals surface area contributed by atoms with E-state index in [1.54, 1.807) is 24.3 Å². The average molecular weight is 403 g/mol. The number of hydrogen-bond acceptors (Lipinski definition) is 7. The summed E-state index contributed by atoms with van der Waals surface area (Å²) in [6.45, 7) is -0.368. The fourth-order valence-electron chi connectivity index (χ4n) is 3.31. The molecule has 146 valence electrons. The van der Waals surface area contributed by atoms with E-state index in [9.17, 15) is 23.1 Å². The molecule has 0 radical (unpaired) electrons. The van der Waals surface area contributed by atoms with E-state index in [1.165, 1.54) is 6.07 Å². The molecule has 2 aromatic carbocycles. The minimum Gasteiger partial charge on any atom is -0.484 e. The second-order valence-corrected chi connectivity index (χ2v) is 8.85. The molecule has 2 N–H and O–H groups in total. The SMILES string of the molecule is O=C(COc1ccc2c(c1)oc(=O)c1ccccc12)N[C@H]1CS(=O)(=O)C[C@@H]1O. The highest BCUT2D eigenvalue weighted by atomic mass is 32.2. The average Bonchev–Trinajstić information content (AvgIpc) is 2.91. The molecule has 4 rings (SSSR count). The van der Waals surface area contributed by atoms with Crippen molar-refractivity contribution in [1.82, 2.24) is 5.32 Å². The van der Waals surface area contributed by atoms with Crippen molar-refractivity contribution in [2.45, 2.75) is 12.1 Å². The van der Waals surface area contributed by atoms with Gasteiger partial charge in [-0.3, -0.25) is 4.79 Å². The lowest BCUT2D eigenvalue weighted by atomic mass is 10.1. The zero-order chi connectivity index (χ0) is 19.9. The fourth-order valence-corrected chi connectivity index (χ4v) is 5.06. The van der Waals surface area contributed by atoms with Gasteiger partial charge >= 0.3 is 5.63 Å². The van der Waals surface area contributed by atoms with Crippen LogP contribution < -0.4 is 15.7 Å². The summed E-state index contributed by atoms with van der Waals surface area (Å²) in [7, 11) is -3.35. The molecule has 28 heavy (non-hydrogen) atoms. The number of aliphatic hydroxyl groups is 1. The van der Waals surface area contributed by atoms with Gasteiger partial charge in [-0.1, -0.05) is 18.2 Å². The molecule has 2 atom stereocenters. The molecule has 8 nitrogen and oxygen atoms in total. The van der Waals surface area contributed by atoms with Crippen LogP contribution in [0.5, 0.6) is 5.75 Å². The Labute approximate surface area is 159 Å². The Hall–Kier alpha value is -2.91. The maximum absolute atomic E-state index is 12.1. The first-order chi connectivity index (χ1) is 13.3. The third-order valence-corrected chi connectivity index (χ3v) is 6.35. The Morgan fingerprint density at radius 3 is 2.61 bits per heavy atom. The summed E-state index contributed by atoms with van der Waals surface area (Å²) in [5, 5.41) is 14.2. The zero-order valence-electron chi connectivity index (χ0n) is 14.6. The number of carbonyl (C=O) groups is 1. The van der Waals surface area contributed by atoms with Crippen LogP contribution >= 0.6 is 0 Å². The molecule has 0 spiro atoms. The number of hydrogen-bond donors (Lipinski definition) is 2. The Bertz CT molecular complexity index is 1230. The van der Waals surface area contributed by atoms with E-state index < -0.39 is 33.5 Å². The molecule has 9 heteroatoms. The predicted octanol–water partition coefficient (Wildman–Crippen LogP) is 0.599. The summed E-state index contributed by atoms with van der Waals surface area (Å²) in [5.41, 5.74) is -0.131. The van der Waals surface area contributed by atoms with Crippen molar-refractivity contribution in [1.29, 1.82) is 0 Å². The number of sulfone groups is 1. The van der Waals surface area contributed by atoms with Gasteiger partial charge in [-0.2, -0.15) is 0 Å². The van der Waals surface area contributed by atoms with E-state index in [0.717, 1.165) is 10.8 Å². The second kappa shape index (κ2) is 6.92. The van der Waals surface area contributed by atoms with Crippen LogP contribution in [0, 0.1) is 0 Å². The van der Waals surface area contributed by atoms with E-state index >= 15 is 0 Å². The minimum absolute atomic E-state index is 0.298. The van der Waals surface area contributed by atoms with Crippen LogP contribution in [0.25, 0.3) is 21.7 Å². The number of rotatable bonds is 4. The van der Waals surface area contributed by atoms with Gasteiger partial charge in [0.05, 0.1) is 29.0 Å². The molecule has 1 amide bonds. The maximum Gasteiger partial charge on any atom is 0.344 e. The molecule has 3 aromatic rings. The number of fused-ring (bicyclic) bond motifs is 3. The van der Waals surface area contributed by atoms with Crippen LogP contribution in [-0.2, 0) is 14.6 Å². The number of nitrogens with one attached hydrogen (secondary N) is 1. The summed E-state index contributed by atoms with van der Waals surface area (Å²) < 4.78 is 33.7. The smallest absolute Gasteiger partial charge is 0.344 e. The number of ether oxygens (including phenoxy) is 1. The maximum atomic E-state index is 12.1. The lowest BCUT2D eigenvalue weighted by Gasteiger charge is -2.15. The summed E-state index contributed by atoms with van der Waals surface area (Å²) >= 11 is 0. The third kappa shape index (κ3) is 3.58. The lowest BCUT2D eigenvalue weighted by Crippen LogP contribution is -2.44. The molecule has 1 saturated heterocycles. The van der Waals surface area contributed by atoms with E-state index in [4.69, 9.17) is 9.15 Å². The molecule has 1 aliphatic heterocycles. The van der Waals surface area contributed by atoms with Gasteiger partial charge in [-0.25, -0.2) is 13.2 Å². The van der Waals surface area contributed by atoms with Crippen LogP contribution in [0.3, 0.4) is 0 Å². The highest BCUT2D eigenvalue weighted by Crippen LogP contribution is 2.26. The normalized spacial score (nSPS) is 21.0. The number of amides is 1. The largest absolute Gasteiger partial charge is 0.484 e. The van der Waals surface area contributed by atoms with Crippen molar-refractivity contribution in [3.8, 4) is 5.75 Å². The van der Waals surface area contributed by atoms with E-state index in [-0.39, 0.29) is 18.1 Å². The minimum atomic E-state index is -3.35. The Kier molecular flexibility index (Phi) is 4.56. The van der Waals surface area contributed by atoms with Crippen LogP contribution in [0.4, 0.5) is 0 Å². The molecule has 0 unspecified atom stereocenters. The number of aliphatic hydroxyl groups excluding tert-OH is 1. The molecule has 1 aliphatic rings. The highest BCUT2D eigenvalue weighted by molar-refractivity contribution is 7.91. The standard InChI is InChI=1S/C19H17NO7S/c21-16-10-28(24,25)9-15(16)20-18(22)8-26-11-5-6-13-12-3-1-2-4-14(12)19(23)27-17(13)7-11/h1-7,15-16,21H,8-10H2,(H,20,22)/t15-,16-/m0/s1. The van der Waals surface area contributed by atoms with Crippen LogP contribution in [0.2, 0.25) is 0 Å². The van der Waals surface area contributed by atoms with Gasteiger partial charge in [0, 0.05) is 11.5 Å². The Morgan fingerprint density at radius 2 is 1.89 bits per heavy atom. The first-order valence-corrected chi connectivity index (χ1v) is 10.4. The van der Waals surface area contributed by atoms with Gasteiger partial charge in [0.15, 0.2) is 16.4 Å². The van der Waals surface area contributed by atoms with E-state index in [1.807, 2.05) is 12.1 Å². The topological polar surface area (TPSA) is 123 Å². The van der Waals surface area contributed by atoms with Gasteiger partial charge < -0.3 is 19.6 Å². The van der Waals surface area contributed by atoms with Crippen molar-refractivity contribution < 1.29 is 27.5 Å². The molecule has 0 bridgehead atoms. The zero-order valence-corrected chi connectivity index (χ0v) is 15.4. The highest BCUT2D eigenvalue weighted by Gasteiger charge is 2.37. The third-order valence-electron chi connectivity index (χ3n) is 4.63. The molecular formula is C19H17NO7S. The second-order valence-electron chi connectivity index (χ2n) is 6.70. The van der Waals surface area contributed by atoms with Crippen LogP contribution in [0.15, 0.2) is 51.7 Å². The molecule has 0 saturated carbocycles. The van der Waals surface area contributed by atoms with E-state index in [2.05, 4.69) is 5.32 Å². The predicted molar refractivity (Wildman–Crippen MR) is 102 cm³/mol. The Morgan fingerprint density at radius 1 is 1.14 bits per heavy atom. The molecule has 2 heterocycles. The summed E-state index contributed by atoms with van der Waals surface area (Å²) in [6, 6.07) is 11.2. The first-order valence-electron chi connectivity index (χ1n) is 8.59. The number of carbonyl (C=O) groups excluding carboxylic acids is 1. The summed E-state index contributed by atoms with van der Waals surface area (Å²) in [5.74, 6) is -0.896. The van der Waals surface area contributed by atoms with Gasteiger partial charge in [-0.15, -0.1) is 0 Å². The van der Waals surface area contributed by atoms with Crippen molar-refractivity contribution in [3.63, 3.8) is 0 Å².